The Labute approximate surface area is 77.0 Å². The quantitative estimate of drug-likeness (QED) is 0.575. The van der Waals surface area contributed by atoms with Crippen LogP contribution in [-0.4, -0.2) is 4.98 Å². The van der Waals surface area contributed by atoms with Gasteiger partial charge in [0, 0.05) is 0 Å². The molecule has 0 aliphatic rings. The van der Waals surface area contributed by atoms with Gasteiger partial charge in [0.15, 0.2) is 0 Å². The van der Waals surface area contributed by atoms with Crippen molar-refractivity contribution in [3.63, 3.8) is 0 Å². The van der Waals surface area contributed by atoms with Gasteiger partial charge in [0.25, 0.3) is 6.33 Å². The predicted octanol–water partition coefficient (Wildman–Crippen LogP) is 1.87. The Kier molecular flexibility index (Phi) is 1.62. The summed E-state index contributed by atoms with van der Waals surface area (Å²) in [4.78, 5) is 4.20. The van der Waals surface area contributed by atoms with Crippen molar-refractivity contribution in [1.82, 2.24) is 4.98 Å². The van der Waals surface area contributed by atoms with Crippen LogP contribution >= 0.6 is 0 Å². The highest BCUT2D eigenvalue weighted by Gasteiger charge is 2.19. The fourth-order valence-electron chi connectivity index (χ4n) is 1.18. The molecule has 2 rings (SSSR count). The zero-order valence-corrected chi connectivity index (χ0v) is 8.11. The lowest BCUT2D eigenvalue weighted by atomic mass is 10.1. The van der Waals surface area contributed by atoms with Crippen molar-refractivity contribution in [2.45, 2.75) is 26.3 Å². The molecule has 0 fully saturated rings. The molecule has 0 unspecified atom stereocenters. The van der Waals surface area contributed by atoms with Crippen molar-refractivity contribution < 1.29 is 8.98 Å². The number of rotatable bonds is 0. The van der Waals surface area contributed by atoms with Crippen molar-refractivity contribution in [3.8, 4) is 0 Å². The molecule has 0 saturated carbocycles. The number of furan rings is 1. The van der Waals surface area contributed by atoms with Crippen LogP contribution in [0.3, 0.4) is 0 Å². The molecule has 0 radical (unpaired) electrons. The summed E-state index contributed by atoms with van der Waals surface area (Å²) >= 11 is 0. The van der Waals surface area contributed by atoms with E-state index in [0.717, 1.165) is 5.39 Å². The molecule has 0 bridgehead atoms. The molecule has 3 nitrogen and oxygen atoms in total. The third-order valence-corrected chi connectivity index (χ3v) is 2.03. The first kappa shape index (κ1) is 8.23. The number of nitrogens with zero attached hydrogens (tertiary/aromatic N) is 2. The van der Waals surface area contributed by atoms with Gasteiger partial charge in [-0.25, -0.2) is 4.57 Å². The van der Waals surface area contributed by atoms with Crippen LogP contribution in [0.2, 0.25) is 0 Å². The summed E-state index contributed by atoms with van der Waals surface area (Å²) < 4.78 is 7.24. The van der Waals surface area contributed by atoms with Gasteiger partial charge in [-0.1, -0.05) is 0 Å². The minimum Gasteiger partial charge on any atom is -0.428 e. The maximum absolute atomic E-state index is 5.16. The molecule has 2 aromatic rings. The third-order valence-electron chi connectivity index (χ3n) is 2.03. The van der Waals surface area contributed by atoms with Crippen LogP contribution in [0.5, 0.6) is 0 Å². The number of hydrogen-bond acceptors (Lipinski definition) is 2. The van der Waals surface area contributed by atoms with Crippen molar-refractivity contribution in [1.29, 1.82) is 0 Å². The minimum atomic E-state index is 0.0679. The van der Waals surface area contributed by atoms with Crippen LogP contribution in [0.4, 0.5) is 0 Å². The molecule has 2 aromatic heterocycles. The van der Waals surface area contributed by atoms with Crippen LogP contribution in [0.15, 0.2) is 29.3 Å². The number of fused-ring (bicyclic) bond motifs is 1. The van der Waals surface area contributed by atoms with Crippen molar-refractivity contribution in [2.24, 2.45) is 0 Å². The van der Waals surface area contributed by atoms with E-state index < -0.39 is 0 Å². The highest BCUT2D eigenvalue weighted by atomic mass is 16.3. The lowest BCUT2D eigenvalue weighted by Gasteiger charge is -2.14. The van der Waals surface area contributed by atoms with Crippen LogP contribution in [-0.2, 0) is 5.54 Å². The summed E-state index contributed by atoms with van der Waals surface area (Å²) in [6.45, 7) is 6.42. The van der Waals surface area contributed by atoms with E-state index in [1.165, 1.54) is 0 Å². The van der Waals surface area contributed by atoms with Gasteiger partial charge in [-0.2, -0.15) is 0 Å². The molecule has 0 aliphatic heterocycles. The Bertz CT molecular complexity index is 426. The average molecular weight is 177 g/mol. The highest BCUT2D eigenvalue weighted by Crippen LogP contribution is 2.11. The Morgan fingerprint density at radius 2 is 2.15 bits per heavy atom. The molecule has 0 aromatic carbocycles. The summed E-state index contributed by atoms with van der Waals surface area (Å²) in [6, 6.07) is 1.92. The largest absolute Gasteiger partial charge is 0.428 e. The van der Waals surface area contributed by atoms with Gasteiger partial charge >= 0.3 is 5.71 Å². The molecule has 68 valence electrons. The summed E-state index contributed by atoms with van der Waals surface area (Å²) in [5, 5.41) is 1.04. The molecule has 0 amide bonds. The predicted molar refractivity (Wildman–Crippen MR) is 49.2 cm³/mol. The highest BCUT2D eigenvalue weighted by molar-refractivity contribution is 5.70. The second-order valence-corrected chi connectivity index (χ2v) is 4.13. The molecular formula is C10H13N2O+. The van der Waals surface area contributed by atoms with Crippen molar-refractivity contribution >= 4 is 11.1 Å². The normalized spacial score (nSPS) is 12.2. The molecule has 0 saturated heterocycles. The standard InChI is InChI=1S/C10H13N2O/c1-10(2,3)12-6-8-4-5-13-9(8)11-7-12/h4-7H,1-3H3/q+1. The van der Waals surface area contributed by atoms with E-state index in [4.69, 9.17) is 4.42 Å². The Balaban J connectivity index is 2.61. The van der Waals surface area contributed by atoms with Gasteiger partial charge in [-0.05, 0) is 31.8 Å². The van der Waals surface area contributed by atoms with Gasteiger partial charge in [-0.3, -0.25) is 0 Å². The van der Waals surface area contributed by atoms with E-state index >= 15 is 0 Å². The van der Waals surface area contributed by atoms with Crippen LogP contribution in [0.1, 0.15) is 20.8 Å². The first-order valence-corrected chi connectivity index (χ1v) is 4.32. The van der Waals surface area contributed by atoms with Crippen LogP contribution in [0.25, 0.3) is 11.1 Å². The molecule has 0 atom stereocenters. The number of hydrogen-bond donors (Lipinski definition) is 0. The van der Waals surface area contributed by atoms with Gasteiger partial charge in [0.1, 0.15) is 17.1 Å². The smallest absolute Gasteiger partial charge is 0.343 e. The first-order chi connectivity index (χ1) is 6.07. The molecule has 13 heavy (non-hydrogen) atoms. The Morgan fingerprint density at radius 3 is 2.85 bits per heavy atom. The fraction of sp³-hybridized carbons (Fsp3) is 0.400. The van der Waals surface area contributed by atoms with Crippen LogP contribution < -0.4 is 4.57 Å². The summed E-state index contributed by atoms with van der Waals surface area (Å²) in [6.07, 6.45) is 5.50. The summed E-state index contributed by atoms with van der Waals surface area (Å²) in [5.41, 5.74) is 0.763. The zero-order valence-electron chi connectivity index (χ0n) is 8.11. The third kappa shape index (κ3) is 1.41. The number of aromatic nitrogens is 2. The van der Waals surface area contributed by atoms with E-state index in [1.807, 2.05) is 12.3 Å². The van der Waals surface area contributed by atoms with Crippen molar-refractivity contribution in [2.75, 3.05) is 0 Å². The van der Waals surface area contributed by atoms with E-state index in [2.05, 4.69) is 30.3 Å². The Morgan fingerprint density at radius 1 is 1.38 bits per heavy atom. The zero-order chi connectivity index (χ0) is 9.47. The lowest BCUT2D eigenvalue weighted by molar-refractivity contribution is -0.755. The molecular weight excluding hydrogens is 164 g/mol. The Hall–Kier alpha value is -1.38. The molecule has 2 heterocycles. The van der Waals surface area contributed by atoms with Gasteiger partial charge < -0.3 is 4.42 Å². The van der Waals surface area contributed by atoms with E-state index in [1.54, 1.807) is 12.6 Å². The van der Waals surface area contributed by atoms with Gasteiger partial charge in [0.05, 0.1) is 6.26 Å². The van der Waals surface area contributed by atoms with E-state index in [0.29, 0.717) is 5.71 Å². The lowest BCUT2D eigenvalue weighted by Crippen LogP contribution is -2.49. The second-order valence-electron chi connectivity index (χ2n) is 4.13. The topological polar surface area (TPSA) is 29.9 Å². The van der Waals surface area contributed by atoms with E-state index in [-0.39, 0.29) is 5.54 Å². The minimum absolute atomic E-state index is 0.0679. The maximum atomic E-state index is 5.16. The SMILES string of the molecule is CC(C)(C)[n+]1cnc2occc2c1. The molecule has 0 aliphatic carbocycles. The maximum Gasteiger partial charge on any atom is 0.343 e. The monoisotopic (exact) mass is 177 g/mol. The summed E-state index contributed by atoms with van der Waals surface area (Å²) in [5.74, 6) is 0. The van der Waals surface area contributed by atoms with Gasteiger partial charge in [0.2, 0.25) is 0 Å². The molecule has 0 spiro atoms. The van der Waals surface area contributed by atoms with E-state index in [9.17, 15) is 0 Å². The molecule has 3 heteroatoms. The average Bonchev–Trinajstić information content (AvgIpc) is 2.47. The summed E-state index contributed by atoms with van der Waals surface area (Å²) in [7, 11) is 0. The fourth-order valence-corrected chi connectivity index (χ4v) is 1.18. The first-order valence-electron chi connectivity index (χ1n) is 4.32. The second kappa shape index (κ2) is 2.55. The van der Waals surface area contributed by atoms with Gasteiger partial charge in [-0.15, -0.1) is 0 Å². The molecule has 0 N–H and O–H groups in total. The van der Waals surface area contributed by atoms with Crippen molar-refractivity contribution in [3.05, 3.63) is 24.9 Å². The van der Waals surface area contributed by atoms with Crippen LogP contribution in [0, 0.1) is 0 Å².